The maximum Gasteiger partial charge on any atom is 0.263 e. The topological polar surface area (TPSA) is 59.4 Å². The molecule has 2 aromatic carbocycles. The van der Waals surface area contributed by atoms with Crippen molar-refractivity contribution in [3.8, 4) is 6.07 Å². The van der Waals surface area contributed by atoms with Gasteiger partial charge < -0.3 is 15.1 Å². The first-order valence-electron chi connectivity index (χ1n) is 9.68. The average Bonchev–Trinajstić information content (AvgIpc) is 2.74. The predicted molar refractivity (Wildman–Crippen MR) is 117 cm³/mol. The molecule has 1 N–H and O–H groups in total. The first-order valence-corrected chi connectivity index (χ1v) is 10.1. The molecule has 6 heteroatoms. The molecule has 0 aliphatic carbocycles. The van der Waals surface area contributed by atoms with Crippen LogP contribution in [0.25, 0.3) is 0 Å². The number of rotatable bonds is 5. The molecule has 1 aliphatic rings. The molecule has 5 nitrogen and oxygen atoms in total. The Morgan fingerprint density at radius 3 is 2.55 bits per heavy atom. The lowest BCUT2D eigenvalue weighted by molar-refractivity contribution is -0.117. The Kier molecular flexibility index (Phi) is 6.79. The number of aryl methyl sites for hydroxylation is 1. The summed E-state index contributed by atoms with van der Waals surface area (Å²) in [5.41, 5.74) is 4.77. The van der Waals surface area contributed by atoms with Crippen molar-refractivity contribution in [2.45, 2.75) is 20.4 Å². The number of nitrogens with one attached hydrogen (secondary N) is 1. The molecule has 1 amide bonds. The van der Waals surface area contributed by atoms with Crippen LogP contribution >= 0.6 is 11.6 Å². The lowest BCUT2D eigenvalue weighted by atomic mass is 10.1. The van der Waals surface area contributed by atoms with E-state index in [-0.39, 0.29) is 18.0 Å². The van der Waals surface area contributed by atoms with Crippen molar-refractivity contribution in [3.63, 3.8) is 0 Å². The van der Waals surface area contributed by atoms with Crippen LogP contribution in [0.2, 0.25) is 5.02 Å². The Labute approximate surface area is 177 Å². The third-order valence-electron chi connectivity index (χ3n) is 5.30. The quantitative estimate of drug-likeness (QED) is 0.603. The second-order valence-electron chi connectivity index (χ2n) is 7.17. The molecule has 0 saturated carbocycles. The van der Waals surface area contributed by atoms with Gasteiger partial charge >= 0.3 is 0 Å². The third kappa shape index (κ3) is 5.10. The van der Waals surface area contributed by atoms with Gasteiger partial charge in [-0.25, -0.2) is 0 Å². The Hall–Kier alpha value is -2.97. The standard InChI is InChI=1S/C23H25ClN4O/c1-17-6-5-9-22(18(17)2)28-12-10-27(11-13-28)16-20(14-25)23(29)26-15-19-7-3-4-8-21(19)24/h3-9,16H,10-13,15H2,1-2H3,(H,26,29)/b20-16-. The molecule has 0 atom stereocenters. The van der Waals surface area contributed by atoms with Gasteiger partial charge in [-0.15, -0.1) is 0 Å². The van der Waals surface area contributed by atoms with Crippen LogP contribution in [-0.2, 0) is 11.3 Å². The molecule has 1 fully saturated rings. The summed E-state index contributed by atoms with van der Waals surface area (Å²) in [5, 5.41) is 12.8. The van der Waals surface area contributed by atoms with Crippen LogP contribution in [0.1, 0.15) is 16.7 Å². The molecule has 0 bridgehead atoms. The molecule has 1 saturated heterocycles. The van der Waals surface area contributed by atoms with E-state index < -0.39 is 0 Å². The zero-order chi connectivity index (χ0) is 20.8. The van der Waals surface area contributed by atoms with E-state index in [0.717, 1.165) is 31.7 Å². The van der Waals surface area contributed by atoms with Gasteiger partial charge in [-0.2, -0.15) is 5.26 Å². The van der Waals surface area contributed by atoms with Gasteiger partial charge in [0.1, 0.15) is 11.6 Å². The van der Waals surface area contributed by atoms with Gasteiger partial charge in [-0.05, 0) is 42.7 Å². The summed E-state index contributed by atoms with van der Waals surface area (Å²) in [4.78, 5) is 16.8. The van der Waals surface area contributed by atoms with E-state index >= 15 is 0 Å². The van der Waals surface area contributed by atoms with E-state index in [2.05, 4.69) is 42.3 Å². The van der Waals surface area contributed by atoms with Crippen molar-refractivity contribution in [1.29, 1.82) is 5.26 Å². The van der Waals surface area contributed by atoms with E-state index in [0.29, 0.717) is 5.02 Å². The van der Waals surface area contributed by atoms with Crippen LogP contribution in [0.3, 0.4) is 0 Å². The normalized spacial score (nSPS) is 14.5. The Balaban J connectivity index is 1.59. The van der Waals surface area contributed by atoms with E-state index in [4.69, 9.17) is 11.6 Å². The van der Waals surface area contributed by atoms with Crippen molar-refractivity contribution < 1.29 is 4.79 Å². The van der Waals surface area contributed by atoms with E-state index in [1.54, 1.807) is 12.3 Å². The molecule has 1 heterocycles. The maximum absolute atomic E-state index is 12.4. The summed E-state index contributed by atoms with van der Waals surface area (Å²) < 4.78 is 0. The van der Waals surface area contributed by atoms with Crippen LogP contribution in [0.5, 0.6) is 0 Å². The van der Waals surface area contributed by atoms with Crippen molar-refractivity contribution in [1.82, 2.24) is 10.2 Å². The fraction of sp³-hybridized carbons (Fsp3) is 0.304. The van der Waals surface area contributed by atoms with Crippen LogP contribution < -0.4 is 10.2 Å². The van der Waals surface area contributed by atoms with Gasteiger partial charge in [-0.1, -0.05) is 41.9 Å². The molecule has 0 unspecified atom stereocenters. The number of piperazine rings is 1. The zero-order valence-corrected chi connectivity index (χ0v) is 17.5. The summed E-state index contributed by atoms with van der Waals surface area (Å²) in [7, 11) is 0. The molecule has 0 radical (unpaired) electrons. The number of hydrogen-bond donors (Lipinski definition) is 1. The molecule has 0 aromatic heterocycles. The highest BCUT2D eigenvalue weighted by molar-refractivity contribution is 6.31. The van der Waals surface area contributed by atoms with Crippen LogP contribution in [-0.4, -0.2) is 37.0 Å². The van der Waals surface area contributed by atoms with Gasteiger partial charge in [0.05, 0.1) is 0 Å². The smallest absolute Gasteiger partial charge is 0.263 e. The minimum absolute atomic E-state index is 0.109. The highest BCUT2D eigenvalue weighted by Crippen LogP contribution is 2.24. The van der Waals surface area contributed by atoms with Crippen molar-refractivity contribution in [3.05, 3.63) is 76.0 Å². The van der Waals surface area contributed by atoms with Gasteiger partial charge in [0, 0.05) is 49.6 Å². The molecule has 1 aliphatic heterocycles. The predicted octanol–water partition coefficient (Wildman–Crippen LogP) is 3.80. The lowest BCUT2D eigenvalue weighted by Crippen LogP contribution is -2.44. The molecule has 0 spiro atoms. The number of halogens is 1. The average molecular weight is 409 g/mol. The highest BCUT2D eigenvalue weighted by atomic mass is 35.5. The molecule has 150 valence electrons. The number of anilines is 1. The summed E-state index contributed by atoms with van der Waals surface area (Å²) >= 11 is 6.12. The second kappa shape index (κ2) is 9.49. The van der Waals surface area contributed by atoms with E-state index in [1.807, 2.05) is 29.2 Å². The number of amides is 1. The molecular weight excluding hydrogens is 384 g/mol. The Morgan fingerprint density at radius 2 is 1.86 bits per heavy atom. The molecule has 3 rings (SSSR count). The molecule has 29 heavy (non-hydrogen) atoms. The number of carbonyl (C=O) groups excluding carboxylic acids is 1. The summed E-state index contributed by atoms with van der Waals surface area (Å²) in [6, 6.07) is 15.7. The minimum atomic E-state index is -0.385. The number of nitrogens with zero attached hydrogens (tertiary/aromatic N) is 3. The number of nitriles is 1. The largest absolute Gasteiger partial charge is 0.373 e. The highest BCUT2D eigenvalue weighted by Gasteiger charge is 2.19. The zero-order valence-electron chi connectivity index (χ0n) is 16.8. The van der Waals surface area contributed by atoms with Crippen molar-refractivity contribution in [2.75, 3.05) is 31.1 Å². The fourth-order valence-corrected chi connectivity index (χ4v) is 3.61. The van der Waals surface area contributed by atoms with Gasteiger partial charge in [-0.3, -0.25) is 4.79 Å². The Bertz CT molecular complexity index is 956. The summed E-state index contributed by atoms with van der Waals surface area (Å²) in [6.07, 6.45) is 1.67. The SMILES string of the molecule is Cc1cccc(N2CCN(/C=C(/C#N)C(=O)NCc3ccccc3Cl)CC2)c1C. The van der Waals surface area contributed by atoms with E-state index in [9.17, 15) is 10.1 Å². The number of carbonyl (C=O) groups is 1. The van der Waals surface area contributed by atoms with Crippen LogP contribution in [0.15, 0.2) is 54.2 Å². The van der Waals surface area contributed by atoms with Crippen molar-refractivity contribution in [2.24, 2.45) is 0 Å². The summed E-state index contributed by atoms with van der Waals surface area (Å²) in [6.45, 7) is 7.78. The molecule has 2 aromatic rings. The summed E-state index contributed by atoms with van der Waals surface area (Å²) in [5.74, 6) is -0.385. The first kappa shape index (κ1) is 20.8. The third-order valence-corrected chi connectivity index (χ3v) is 5.67. The van der Waals surface area contributed by atoms with Gasteiger partial charge in [0.15, 0.2) is 0 Å². The number of benzene rings is 2. The molecular formula is C23H25ClN4O. The van der Waals surface area contributed by atoms with Gasteiger partial charge in [0.25, 0.3) is 5.91 Å². The van der Waals surface area contributed by atoms with Crippen LogP contribution in [0, 0.1) is 25.2 Å². The van der Waals surface area contributed by atoms with Crippen molar-refractivity contribution >= 4 is 23.2 Å². The number of hydrogen-bond acceptors (Lipinski definition) is 4. The maximum atomic E-state index is 12.4. The minimum Gasteiger partial charge on any atom is -0.373 e. The fourth-order valence-electron chi connectivity index (χ4n) is 3.40. The Morgan fingerprint density at radius 1 is 1.14 bits per heavy atom. The van der Waals surface area contributed by atoms with E-state index in [1.165, 1.54) is 16.8 Å². The van der Waals surface area contributed by atoms with Gasteiger partial charge in [0.2, 0.25) is 0 Å². The monoisotopic (exact) mass is 408 g/mol. The van der Waals surface area contributed by atoms with Crippen LogP contribution in [0.4, 0.5) is 5.69 Å². The lowest BCUT2D eigenvalue weighted by Gasteiger charge is -2.36. The first-order chi connectivity index (χ1) is 14.0. The second-order valence-corrected chi connectivity index (χ2v) is 7.58.